The second-order valence-corrected chi connectivity index (χ2v) is 6.62. The Labute approximate surface area is 143 Å². The molecule has 2 unspecified atom stereocenters. The number of benzene rings is 1. The number of nitrogens with one attached hydrogen (secondary N) is 1. The van der Waals surface area contributed by atoms with Crippen LogP contribution in [0, 0.1) is 5.41 Å². The molecule has 6 nitrogen and oxygen atoms in total. The molecular weight excluding hydrogens is 308 g/mol. The van der Waals surface area contributed by atoms with Crippen molar-refractivity contribution in [3.05, 3.63) is 24.3 Å². The lowest BCUT2D eigenvalue weighted by Crippen LogP contribution is -2.75. The summed E-state index contributed by atoms with van der Waals surface area (Å²) in [6.45, 7) is 7.31. The molecule has 0 radical (unpaired) electrons. The van der Waals surface area contributed by atoms with Crippen molar-refractivity contribution in [2.24, 2.45) is 11.1 Å². The van der Waals surface area contributed by atoms with Gasteiger partial charge >= 0.3 is 0 Å². The number of ether oxygens (including phenoxy) is 3. The summed E-state index contributed by atoms with van der Waals surface area (Å²) in [5.74, 6) is 1.35. The van der Waals surface area contributed by atoms with Gasteiger partial charge in [0.15, 0.2) is 0 Å². The third-order valence-corrected chi connectivity index (χ3v) is 4.95. The van der Waals surface area contributed by atoms with Crippen LogP contribution in [0.5, 0.6) is 11.5 Å². The Hall–Kier alpha value is -1.79. The van der Waals surface area contributed by atoms with Crippen LogP contribution >= 0.6 is 0 Å². The third-order valence-electron chi connectivity index (χ3n) is 4.95. The highest BCUT2D eigenvalue weighted by atomic mass is 16.5. The first kappa shape index (κ1) is 18.5. The van der Waals surface area contributed by atoms with E-state index in [4.69, 9.17) is 19.9 Å². The van der Waals surface area contributed by atoms with Crippen LogP contribution in [0.2, 0.25) is 0 Å². The topological polar surface area (TPSA) is 82.8 Å². The zero-order valence-corrected chi connectivity index (χ0v) is 14.9. The van der Waals surface area contributed by atoms with E-state index >= 15 is 0 Å². The van der Waals surface area contributed by atoms with Crippen LogP contribution < -0.4 is 20.5 Å². The Bertz CT molecular complexity index is 559. The van der Waals surface area contributed by atoms with Crippen molar-refractivity contribution < 1.29 is 19.0 Å². The van der Waals surface area contributed by atoms with E-state index in [9.17, 15) is 4.79 Å². The minimum absolute atomic E-state index is 0.0220. The molecule has 1 aliphatic carbocycles. The zero-order valence-electron chi connectivity index (χ0n) is 14.9. The molecule has 134 valence electrons. The second kappa shape index (κ2) is 7.40. The van der Waals surface area contributed by atoms with Gasteiger partial charge < -0.3 is 25.3 Å². The van der Waals surface area contributed by atoms with Crippen molar-refractivity contribution in [1.29, 1.82) is 0 Å². The fourth-order valence-corrected chi connectivity index (χ4v) is 2.98. The van der Waals surface area contributed by atoms with E-state index in [1.807, 2.05) is 45.0 Å². The molecule has 3 N–H and O–H groups in total. The van der Waals surface area contributed by atoms with E-state index in [2.05, 4.69) is 5.32 Å². The summed E-state index contributed by atoms with van der Waals surface area (Å²) >= 11 is 0. The van der Waals surface area contributed by atoms with Crippen molar-refractivity contribution in [2.75, 3.05) is 26.9 Å². The second-order valence-electron chi connectivity index (χ2n) is 6.62. The average Bonchev–Trinajstić information content (AvgIpc) is 2.58. The minimum atomic E-state index is -0.896. The zero-order chi connectivity index (χ0) is 17.8. The Balaban J connectivity index is 1.77. The van der Waals surface area contributed by atoms with Crippen LogP contribution in [0.3, 0.4) is 0 Å². The smallest absolute Gasteiger partial charge is 0.240 e. The van der Waals surface area contributed by atoms with Crippen molar-refractivity contribution in [3.63, 3.8) is 0 Å². The van der Waals surface area contributed by atoms with Gasteiger partial charge in [-0.15, -0.1) is 0 Å². The van der Waals surface area contributed by atoms with Crippen LogP contribution in [0.15, 0.2) is 24.3 Å². The van der Waals surface area contributed by atoms with Gasteiger partial charge in [0.1, 0.15) is 23.6 Å². The number of carbonyl (C=O) groups excluding carboxylic acids is 1. The molecule has 1 saturated carbocycles. The molecule has 2 rings (SSSR count). The first-order valence-electron chi connectivity index (χ1n) is 8.30. The molecule has 0 aliphatic heterocycles. The van der Waals surface area contributed by atoms with Gasteiger partial charge in [0.25, 0.3) is 0 Å². The number of rotatable bonds is 8. The van der Waals surface area contributed by atoms with Crippen LogP contribution in [0.4, 0.5) is 0 Å². The van der Waals surface area contributed by atoms with Gasteiger partial charge in [-0.1, -0.05) is 13.8 Å². The van der Waals surface area contributed by atoms with Gasteiger partial charge in [-0.25, -0.2) is 0 Å². The summed E-state index contributed by atoms with van der Waals surface area (Å²) in [4.78, 5) is 12.4. The van der Waals surface area contributed by atoms with E-state index < -0.39 is 5.54 Å². The number of hydrogen-bond donors (Lipinski definition) is 2. The van der Waals surface area contributed by atoms with Crippen LogP contribution in [0.1, 0.15) is 27.2 Å². The maximum Gasteiger partial charge on any atom is 0.240 e. The van der Waals surface area contributed by atoms with E-state index in [-0.39, 0.29) is 17.4 Å². The van der Waals surface area contributed by atoms with Gasteiger partial charge in [-0.05, 0) is 31.2 Å². The van der Waals surface area contributed by atoms with Gasteiger partial charge in [0.05, 0.1) is 19.8 Å². The predicted octanol–water partition coefficient (Wildman–Crippen LogP) is 1.72. The van der Waals surface area contributed by atoms with Gasteiger partial charge in [0.2, 0.25) is 5.91 Å². The predicted molar refractivity (Wildman–Crippen MR) is 92.2 cm³/mol. The Morgan fingerprint density at radius 1 is 1.29 bits per heavy atom. The highest BCUT2D eigenvalue weighted by Crippen LogP contribution is 2.49. The summed E-state index contributed by atoms with van der Waals surface area (Å²) in [6.07, 6.45) is 0.563. The number of carbonyl (C=O) groups is 1. The molecular formula is C18H28N2O4. The van der Waals surface area contributed by atoms with E-state index in [1.54, 1.807) is 7.11 Å². The molecule has 1 fully saturated rings. The summed E-state index contributed by atoms with van der Waals surface area (Å²) in [7, 11) is 1.62. The highest BCUT2D eigenvalue weighted by Gasteiger charge is 2.62. The molecule has 0 bridgehead atoms. The largest absolute Gasteiger partial charge is 0.497 e. The van der Waals surface area contributed by atoms with E-state index in [0.29, 0.717) is 26.2 Å². The molecule has 1 aromatic carbocycles. The van der Waals surface area contributed by atoms with Crippen molar-refractivity contribution in [2.45, 2.75) is 38.8 Å². The Morgan fingerprint density at radius 2 is 1.92 bits per heavy atom. The number of hydrogen-bond acceptors (Lipinski definition) is 5. The van der Waals surface area contributed by atoms with Crippen molar-refractivity contribution >= 4 is 5.91 Å². The molecule has 1 aliphatic rings. The molecule has 2 atom stereocenters. The fraction of sp³-hybridized carbons (Fsp3) is 0.611. The molecule has 1 aromatic rings. The first-order chi connectivity index (χ1) is 11.3. The lowest BCUT2D eigenvalue weighted by molar-refractivity contribution is -0.170. The Morgan fingerprint density at radius 3 is 2.46 bits per heavy atom. The highest BCUT2D eigenvalue weighted by molar-refractivity contribution is 5.88. The maximum absolute atomic E-state index is 12.4. The molecule has 6 heteroatoms. The number of amides is 1. The van der Waals surface area contributed by atoms with Gasteiger partial charge in [0, 0.05) is 18.4 Å². The van der Waals surface area contributed by atoms with E-state index in [1.165, 1.54) is 0 Å². The van der Waals surface area contributed by atoms with Gasteiger partial charge in [-0.3, -0.25) is 4.79 Å². The third kappa shape index (κ3) is 3.49. The van der Waals surface area contributed by atoms with Crippen molar-refractivity contribution in [3.8, 4) is 11.5 Å². The summed E-state index contributed by atoms with van der Waals surface area (Å²) < 4.78 is 16.3. The fourth-order valence-electron chi connectivity index (χ4n) is 2.98. The quantitative estimate of drug-likeness (QED) is 0.706. The monoisotopic (exact) mass is 336 g/mol. The van der Waals surface area contributed by atoms with Crippen LogP contribution in [-0.4, -0.2) is 44.4 Å². The average molecular weight is 336 g/mol. The van der Waals surface area contributed by atoms with Crippen LogP contribution in [0.25, 0.3) is 0 Å². The SMILES string of the molecule is CCOC1CC(N)(C(=O)NCCOc2ccc(OC)cc2)C1(C)C. The standard InChI is InChI=1S/C18H28N2O4/c1-5-23-15-12-18(19,17(15,2)3)16(21)20-10-11-24-14-8-6-13(22-4)7-9-14/h6-9,15H,5,10-12,19H2,1-4H3,(H,20,21). The lowest BCUT2D eigenvalue weighted by atomic mass is 9.54. The number of methoxy groups -OCH3 is 1. The first-order valence-corrected chi connectivity index (χ1v) is 8.30. The maximum atomic E-state index is 12.4. The molecule has 0 aromatic heterocycles. The summed E-state index contributed by atoms with van der Waals surface area (Å²) in [5.41, 5.74) is 5.04. The van der Waals surface area contributed by atoms with E-state index in [0.717, 1.165) is 11.5 Å². The molecule has 0 saturated heterocycles. The molecule has 0 spiro atoms. The molecule has 0 heterocycles. The molecule has 24 heavy (non-hydrogen) atoms. The van der Waals surface area contributed by atoms with Crippen LogP contribution in [-0.2, 0) is 9.53 Å². The summed E-state index contributed by atoms with van der Waals surface area (Å²) in [6, 6.07) is 7.31. The normalized spacial score (nSPS) is 24.8. The minimum Gasteiger partial charge on any atom is -0.497 e. The Kier molecular flexibility index (Phi) is 5.72. The lowest BCUT2D eigenvalue weighted by Gasteiger charge is -2.57. The van der Waals surface area contributed by atoms with Gasteiger partial charge in [-0.2, -0.15) is 0 Å². The van der Waals surface area contributed by atoms with Crippen molar-refractivity contribution in [1.82, 2.24) is 5.32 Å². The number of nitrogens with two attached hydrogens (primary N) is 1. The molecule has 1 amide bonds. The summed E-state index contributed by atoms with van der Waals surface area (Å²) in [5, 5.41) is 2.87.